The number of ether oxygens (including phenoxy) is 1. The van der Waals surface area contributed by atoms with E-state index in [9.17, 15) is 18.0 Å². The maximum absolute atomic E-state index is 11.6. The predicted molar refractivity (Wildman–Crippen MR) is 27.2 cm³/mol. The molecule has 2 nitrogen and oxygen atoms in total. The number of rotatable bonds is 2. The highest BCUT2D eigenvalue weighted by Crippen LogP contribution is 2.24. The van der Waals surface area contributed by atoms with Gasteiger partial charge in [-0.3, -0.25) is 4.79 Å². The molecule has 0 aliphatic carbocycles. The van der Waals surface area contributed by atoms with Gasteiger partial charge in [-0.2, -0.15) is 13.2 Å². The van der Waals surface area contributed by atoms with Crippen LogP contribution in [0.3, 0.4) is 0 Å². The van der Waals surface area contributed by atoms with Gasteiger partial charge in [0, 0.05) is 6.08 Å². The van der Waals surface area contributed by atoms with E-state index in [-0.39, 0.29) is 6.29 Å². The molecule has 0 saturated heterocycles. The lowest BCUT2D eigenvalue weighted by Crippen LogP contribution is -2.13. The summed E-state index contributed by atoms with van der Waals surface area (Å²) in [6, 6.07) is 0. The SMILES string of the molecule is CO/C(=C\C=O)C(F)(F)F. The van der Waals surface area contributed by atoms with E-state index in [1.165, 1.54) is 0 Å². The molecule has 0 fully saturated rings. The molecule has 0 N–H and O–H groups in total. The van der Waals surface area contributed by atoms with Crippen molar-refractivity contribution >= 4 is 6.29 Å². The summed E-state index contributed by atoms with van der Waals surface area (Å²) in [5.41, 5.74) is 0. The second-order valence-electron chi connectivity index (χ2n) is 1.37. The first-order valence-electron chi connectivity index (χ1n) is 2.29. The zero-order valence-corrected chi connectivity index (χ0v) is 5.11. The summed E-state index contributed by atoms with van der Waals surface area (Å²) >= 11 is 0. The molecule has 0 spiro atoms. The number of methoxy groups -OCH3 is 1. The first-order chi connectivity index (χ1) is 4.52. The Morgan fingerprint density at radius 3 is 2.10 bits per heavy atom. The Balaban J connectivity index is 4.35. The molecule has 0 radical (unpaired) electrons. The van der Waals surface area contributed by atoms with E-state index >= 15 is 0 Å². The number of hydrogen-bond donors (Lipinski definition) is 0. The van der Waals surface area contributed by atoms with E-state index in [2.05, 4.69) is 4.74 Å². The molecule has 0 amide bonds. The van der Waals surface area contributed by atoms with Gasteiger partial charge < -0.3 is 4.74 Å². The highest BCUT2D eigenvalue weighted by molar-refractivity contribution is 5.65. The van der Waals surface area contributed by atoms with Crippen LogP contribution in [-0.4, -0.2) is 19.6 Å². The molecular formula is C5H5F3O2. The molecule has 0 heterocycles. The zero-order valence-electron chi connectivity index (χ0n) is 5.11. The molecule has 0 aliphatic rings. The van der Waals surface area contributed by atoms with Crippen LogP contribution in [-0.2, 0) is 9.53 Å². The topological polar surface area (TPSA) is 26.3 Å². The van der Waals surface area contributed by atoms with Gasteiger partial charge in [0.25, 0.3) is 0 Å². The smallest absolute Gasteiger partial charge is 0.449 e. The van der Waals surface area contributed by atoms with Gasteiger partial charge in [-0.1, -0.05) is 0 Å². The van der Waals surface area contributed by atoms with Crippen molar-refractivity contribution in [1.29, 1.82) is 0 Å². The van der Waals surface area contributed by atoms with Gasteiger partial charge in [-0.05, 0) is 0 Å². The molecule has 58 valence electrons. The molecule has 0 aliphatic heterocycles. The minimum atomic E-state index is -4.57. The van der Waals surface area contributed by atoms with Crippen molar-refractivity contribution in [3.63, 3.8) is 0 Å². The molecule has 0 aromatic carbocycles. The summed E-state index contributed by atoms with van der Waals surface area (Å²) in [7, 11) is 0.850. The van der Waals surface area contributed by atoms with Crippen LogP contribution in [0, 0.1) is 0 Å². The fourth-order valence-corrected chi connectivity index (χ4v) is 0.340. The van der Waals surface area contributed by atoms with Crippen LogP contribution in [0.5, 0.6) is 0 Å². The number of aldehydes is 1. The number of allylic oxidation sites excluding steroid dienone is 2. The summed E-state index contributed by atoms with van der Waals surface area (Å²) < 4.78 is 38.5. The zero-order chi connectivity index (χ0) is 8.20. The molecule has 10 heavy (non-hydrogen) atoms. The fraction of sp³-hybridized carbons (Fsp3) is 0.400. The van der Waals surface area contributed by atoms with Gasteiger partial charge in [0.1, 0.15) is 6.29 Å². The summed E-state index contributed by atoms with van der Waals surface area (Å²) in [4.78, 5) is 9.56. The summed E-state index contributed by atoms with van der Waals surface area (Å²) in [5.74, 6) is -1.29. The minimum Gasteiger partial charge on any atom is -0.492 e. The highest BCUT2D eigenvalue weighted by atomic mass is 19.4. The Morgan fingerprint density at radius 1 is 1.50 bits per heavy atom. The number of carbonyl (C=O) groups is 1. The van der Waals surface area contributed by atoms with Crippen LogP contribution in [0.2, 0.25) is 0 Å². The maximum atomic E-state index is 11.6. The number of hydrogen-bond acceptors (Lipinski definition) is 2. The van der Waals surface area contributed by atoms with E-state index in [0.717, 1.165) is 7.11 Å². The first-order valence-corrected chi connectivity index (χ1v) is 2.29. The second kappa shape index (κ2) is 3.24. The number of alkyl halides is 3. The Labute approximate surface area is 55.3 Å². The first kappa shape index (κ1) is 9.00. The van der Waals surface area contributed by atoms with Crippen molar-refractivity contribution in [2.75, 3.05) is 7.11 Å². The Kier molecular flexibility index (Phi) is 2.92. The van der Waals surface area contributed by atoms with Crippen molar-refractivity contribution in [3.05, 3.63) is 11.8 Å². The molecule has 0 unspecified atom stereocenters. The van der Waals surface area contributed by atoms with Gasteiger partial charge in [-0.15, -0.1) is 0 Å². The van der Waals surface area contributed by atoms with Crippen LogP contribution in [0.4, 0.5) is 13.2 Å². The van der Waals surface area contributed by atoms with Crippen LogP contribution in [0.15, 0.2) is 11.8 Å². The monoisotopic (exact) mass is 154 g/mol. The summed E-state index contributed by atoms with van der Waals surface area (Å²) in [6.07, 6.45) is -4.23. The van der Waals surface area contributed by atoms with Crippen molar-refractivity contribution in [2.45, 2.75) is 6.18 Å². The average molecular weight is 154 g/mol. The largest absolute Gasteiger partial charge is 0.492 e. The van der Waals surface area contributed by atoms with E-state index < -0.39 is 11.9 Å². The van der Waals surface area contributed by atoms with Gasteiger partial charge >= 0.3 is 6.18 Å². The van der Waals surface area contributed by atoms with Crippen molar-refractivity contribution in [1.82, 2.24) is 0 Å². The molecule has 0 saturated carbocycles. The Bertz CT molecular complexity index is 147. The van der Waals surface area contributed by atoms with Crippen LogP contribution in [0.1, 0.15) is 0 Å². The molecule has 0 bridgehead atoms. The van der Waals surface area contributed by atoms with Gasteiger partial charge in [0.2, 0.25) is 5.76 Å². The highest BCUT2D eigenvalue weighted by Gasteiger charge is 2.34. The van der Waals surface area contributed by atoms with Gasteiger partial charge in [-0.25, -0.2) is 0 Å². The average Bonchev–Trinajstić information content (AvgIpc) is 1.80. The minimum absolute atomic E-state index is 0.0202. The lowest BCUT2D eigenvalue weighted by Gasteiger charge is -2.07. The summed E-state index contributed by atoms with van der Waals surface area (Å²) in [5, 5.41) is 0. The Hall–Kier alpha value is -1.00. The normalized spacial score (nSPS) is 13.0. The van der Waals surface area contributed by atoms with Gasteiger partial charge in [0.05, 0.1) is 7.11 Å². The van der Waals surface area contributed by atoms with Crippen molar-refractivity contribution < 1.29 is 22.7 Å². The third-order valence-corrected chi connectivity index (χ3v) is 0.719. The third-order valence-electron chi connectivity index (χ3n) is 0.719. The molecule has 5 heteroatoms. The Morgan fingerprint density at radius 2 is 2.00 bits per heavy atom. The quantitative estimate of drug-likeness (QED) is 0.340. The van der Waals surface area contributed by atoms with E-state index in [1.54, 1.807) is 0 Å². The predicted octanol–water partition coefficient (Wildman–Crippen LogP) is 1.28. The standard InChI is InChI=1S/C5H5F3O2/c1-10-4(2-3-9)5(6,7)8/h2-3H,1H3/b4-2-. The third kappa shape index (κ3) is 2.52. The van der Waals surface area contributed by atoms with Crippen LogP contribution < -0.4 is 0 Å². The van der Waals surface area contributed by atoms with E-state index in [1.807, 2.05) is 0 Å². The van der Waals surface area contributed by atoms with Crippen LogP contribution >= 0.6 is 0 Å². The summed E-state index contributed by atoms with van der Waals surface area (Å²) in [6.45, 7) is 0. The molecule has 0 atom stereocenters. The van der Waals surface area contributed by atoms with Crippen molar-refractivity contribution in [2.24, 2.45) is 0 Å². The molecule has 0 rings (SSSR count). The molecule has 0 aromatic heterocycles. The second-order valence-corrected chi connectivity index (χ2v) is 1.37. The van der Waals surface area contributed by atoms with Gasteiger partial charge in [0.15, 0.2) is 0 Å². The van der Waals surface area contributed by atoms with E-state index in [0.29, 0.717) is 6.08 Å². The number of halogens is 3. The fourth-order valence-electron chi connectivity index (χ4n) is 0.340. The maximum Gasteiger partial charge on any atom is 0.449 e. The lowest BCUT2D eigenvalue weighted by molar-refractivity contribution is -0.127. The number of carbonyl (C=O) groups excluding carboxylic acids is 1. The van der Waals surface area contributed by atoms with Crippen LogP contribution in [0.25, 0.3) is 0 Å². The molecular weight excluding hydrogens is 149 g/mol. The lowest BCUT2D eigenvalue weighted by atomic mass is 10.4. The van der Waals surface area contributed by atoms with E-state index in [4.69, 9.17) is 0 Å². The van der Waals surface area contributed by atoms with Crippen molar-refractivity contribution in [3.8, 4) is 0 Å². The molecule has 0 aromatic rings.